The minimum absolute atomic E-state index is 0.0630. The van der Waals surface area contributed by atoms with Crippen LogP contribution in [0.2, 0.25) is 5.02 Å². The highest BCUT2D eigenvalue weighted by Crippen LogP contribution is 2.33. The fraction of sp³-hybridized carbons (Fsp3) is 0.235. The summed E-state index contributed by atoms with van der Waals surface area (Å²) in [5, 5.41) is 10.6. The molecule has 1 fully saturated rings. The van der Waals surface area contributed by atoms with Crippen molar-refractivity contribution < 1.29 is 19.4 Å². The molecule has 42 heavy (non-hydrogen) atoms. The van der Waals surface area contributed by atoms with E-state index in [1.165, 1.54) is 16.0 Å². The van der Waals surface area contributed by atoms with Gasteiger partial charge in [0.15, 0.2) is 0 Å². The molecule has 1 heterocycles. The van der Waals surface area contributed by atoms with Crippen molar-refractivity contribution in [3.05, 3.63) is 113 Å². The third-order valence-corrected chi connectivity index (χ3v) is 7.78. The van der Waals surface area contributed by atoms with Gasteiger partial charge in [0.1, 0.15) is 17.1 Å². The van der Waals surface area contributed by atoms with Gasteiger partial charge in [0, 0.05) is 69.2 Å². The van der Waals surface area contributed by atoms with Crippen LogP contribution >= 0.6 is 11.6 Å². The molecule has 7 nitrogen and oxygen atoms in total. The van der Waals surface area contributed by atoms with E-state index < -0.39 is 5.97 Å². The van der Waals surface area contributed by atoms with E-state index in [4.69, 9.17) is 16.3 Å². The number of rotatable bonds is 9. The molecule has 0 saturated carbocycles. The van der Waals surface area contributed by atoms with Crippen LogP contribution in [0.15, 0.2) is 91.0 Å². The van der Waals surface area contributed by atoms with Crippen LogP contribution in [-0.4, -0.2) is 67.1 Å². The van der Waals surface area contributed by atoms with Gasteiger partial charge in [0.05, 0.1) is 6.42 Å². The van der Waals surface area contributed by atoms with Crippen molar-refractivity contribution in [3.8, 4) is 22.6 Å². The second-order valence-corrected chi connectivity index (χ2v) is 11.0. The molecule has 5 rings (SSSR count). The van der Waals surface area contributed by atoms with Gasteiger partial charge in [0.25, 0.3) is 0 Å². The van der Waals surface area contributed by atoms with Gasteiger partial charge in [-0.15, -0.1) is 0 Å². The van der Waals surface area contributed by atoms with Crippen LogP contribution in [0.4, 0.5) is 5.69 Å². The largest absolute Gasteiger partial charge is 0.478 e. The monoisotopic (exact) mass is 583 g/mol. The molecular formula is C34H34ClN3O4. The number of carboxylic acid groups (broad SMARTS) is 1. The highest BCUT2D eigenvalue weighted by Gasteiger charge is 2.22. The standard InChI is InChI=1S/C34H34ClN3O4/c1-36(2)33(39)21-25-7-4-6-10-31(25)42-32-22-28(15-16-30(32)34(40)41)38-19-17-37(18-20-38)23-26-8-3-5-9-29(26)24-11-13-27(35)14-12-24/h3-16,22H,17-21,23H2,1-2H3,(H,40,41). The highest BCUT2D eigenvalue weighted by molar-refractivity contribution is 6.30. The number of carbonyl (C=O) groups excluding carboxylic acids is 1. The third kappa shape index (κ3) is 6.93. The molecule has 1 aliphatic heterocycles. The van der Waals surface area contributed by atoms with Gasteiger partial charge in [0.2, 0.25) is 5.91 Å². The summed E-state index contributed by atoms with van der Waals surface area (Å²) < 4.78 is 6.18. The minimum atomic E-state index is -1.07. The average Bonchev–Trinajstić information content (AvgIpc) is 2.99. The summed E-state index contributed by atoms with van der Waals surface area (Å²) in [5.41, 5.74) is 5.29. The molecule has 0 aromatic heterocycles. The number of likely N-dealkylation sites (N-methyl/N-ethyl adjacent to an activating group) is 1. The molecule has 4 aromatic rings. The van der Waals surface area contributed by atoms with E-state index >= 15 is 0 Å². The fourth-order valence-electron chi connectivity index (χ4n) is 5.13. The van der Waals surface area contributed by atoms with Crippen molar-refractivity contribution >= 4 is 29.2 Å². The number of hydrogen-bond acceptors (Lipinski definition) is 5. The Balaban J connectivity index is 1.30. The summed E-state index contributed by atoms with van der Waals surface area (Å²) in [6, 6.07) is 28.9. The number of para-hydroxylation sites is 1. The lowest BCUT2D eigenvalue weighted by atomic mass is 9.99. The molecule has 1 N–H and O–H groups in total. The molecule has 0 spiro atoms. The lowest BCUT2D eigenvalue weighted by molar-refractivity contribution is -0.127. The number of carboxylic acids is 1. The third-order valence-electron chi connectivity index (χ3n) is 7.53. The quantitative estimate of drug-likeness (QED) is 0.244. The van der Waals surface area contributed by atoms with Crippen LogP contribution < -0.4 is 9.64 Å². The summed E-state index contributed by atoms with van der Waals surface area (Å²) in [4.78, 5) is 30.6. The highest BCUT2D eigenvalue weighted by atomic mass is 35.5. The molecular weight excluding hydrogens is 550 g/mol. The Bertz CT molecular complexity index is 1560. The van der Waals surface area contributed by atoms with Crippen molar-refractivity contribution in [2.24, 2.45) is 0 Å². The molecule has 4 aromatic carbocycles. The Morgan fingerprint density at radius 3 is 2.19 bits per heavy atom. The lowest BCUT2D eigenvalue weighted by Gasteiger charge is -2.36. The topological polar surface area (TPSA) is 73.3 Å². The van der Waals surface area contributed by atoms with E-state index in [-0.39, 0.29) is 23.6 Å². The number of aromatic carboxylic acids is 1. The number of amides is 1. The average molecular weight is 584 g/mol. The number of halogens is 1. The summed E-state index contributed by atoms with van der Waals surface area (Å²) >= 11 is 6.10. The zero-order valence-electron chi connectivity index (χ0n) is 23.8. The molecule has 0 radical (unpaired) electrons. The molecule has 0 bridgehead atoms. The molecule has 1 amide bonds. The van der Waals surface area contributed by atoms with Gasteiger partial charge in [-0.3, -0.25) is 9.69 Å². The van der Waals surface area contributed by atoms with Crippen molar-refractivity contribution in [3.63, 3.8) is 0 Å². The zero-order valence-corrected chi connectivity index (χ0v) is 24.6. The summed E-state index contributed by atoms with van der Waals surface area (Å²) in [6.07, 6.45) is 0.161. The first-order valence-electron chi connectivity index (χ1n) is 13.9. The summed E-state index contributed by atoms with van der Waals surface area (Å²) in [7, 11) is 3.41. The molecule has 1 saturated heterocycles. The molecule has 0 aliphatic carbocycles. The van der Waals surface area contributed by atoms with Crippen molar-refractivity contribution in [1.82, 2.24) is 9.80 Å². The molecule has 216 valence electrons. The van der Waals surface area contributed by atoms with Gasteiger partial charge in [-0.1, -0.05) is 66.2 Å². The van der Waals surface area contributed by atoms with Gasteiger partial charge >= 0.3 is 5.97 Å². The Morgan fingerprint density at radius 1 is 0.833 bits per heavy atom. The smallest absolute Gasteiger partial charge is 0.339 e. The van der Waals surface area contributed by atoms with Gasteiger partial charge < -0.3 is 19.6 Å². The predicted molar refractivity (Wildman–Crippen MR) is 167 cm³/mol. The van der Waals surface area contributed by atoms with Gasteiger partial charge in [-0.2, -0.15) is 0 Å². The molecule has 0 unspecified atom stereocenters. The number of carbonyl (C=O) groups is 2. The van der Waals surface area contributed by atoms with E-state index in [2.05, 4.69) is 46.2 Å². The number of nitrogens with zero attached hydrogens (tertiary/aromatic N) is 3. The number of hydrogen-bond donors (Lipinski definition) is 1. The molecule has 8 heteroatoms. The Kier molecular flexibility index (Phi) is 9.10. The second-order valence-electron chi connectivity index (χ2n) is 10.6. The number of ether oxygens (including phenoxy) is 1. The van der Waals surface area contributed by atoms with Gasteiger partial charge in [-0.05, 0) is 47.0 Å². The fourth-order valence-corrected chi connectivity index (χ4v) is 5.26. The van der Waals surface area contributed by atoms with Gasteiger partial charge in [-0.25, -0.2) is 4.79 Å². The minimum Gasteiger partial charge on any atom is -0.478 e. The number of benzene rings is 4. The van der Waals surface area contributed by atoms with Crippen molar-refractivity contribution in [2.45, 2.75) is 13.0 Å². The predicted octanol–water partition coefficient (Wildman–Crippen LogP) is 6.45. The zero-order chi connectivity index (χ0) is 29.6. The van der Waals surface area contributed by atoms with Crippen LogP contribution in [0.3, 0.4) is 0 Å². The normalized spacial score (nSPS) is 13.5. The first-order chi connectivity index (χ1) is 20.3. The Hall–Kier alpha value is -4.33. The van der Waals surface area contributed by atoms with E-state index in [1.54, 1.807) is 32.3 Å². The van der Waals surface area contributed by atoms with Crippen molar-refractivity contribution in [2.75, 3.05) is 45.2 Å². The Labute approximate surface area is 251 Å². The molecule has 1 aliphatic rings. The van der Waals surface area contributed by atoms with E-state index in [0.29, 0.717) is 11.3 Å². The maximum atomic E-state index is 12.4. The van der Waals surface area contributed by atoms with Crippen LogP contribution in [0.25, 0.3) is 11.1 Å². The summed E-state index contributed by atoms with van der Waals surface area (Å²) in [5.74, 6) is -0.407. The number of anilines is 1. The maximum absolute atomic E-state index is 12.4. The van der Waals surface area contributed by atoms with E-state index in [0.717, 1.165) is 49.0 Å². The number of piperazine rings is 1. The van der Waals surface area contributed by atoms with Crippen LogP contribution in [0, 0.1) is 0 Å². The van der Waals surface area contributed by atoms with Crippen LogP contribution in [-0.2, 0) is 17.8 Å². The van der Waals surface area contributed by atoms with Crippen molar-refractivity contribution in [1.29, 1.82) is 0 Å². The first kappa shape index (κ1) is 29.2. The first-order valence-corrected chi connectivity index (χ1v) is 14.3. The van der Waals surface area contributed by atoms with E-state index in [9.17, 15) is 14.7 Å². The Morgan fingerprint density at radius 2 is 1.50 bits per heavy atom. The second kappa shape index (κ2) is 13.1. The van der Waals surface area contributed by atoms with Crippen LogP contribution in [0.1, 0.15) is 21.5 Å². The summed E-state index contributed by atoms with van der Waals surface area (Å²) in [6.45, 7) is 4.15. The lowest BCUT2D eigenvalue weighted by Crippen LogP contribution is -2.46. The maximum Gasteiger partial charge on any atom is 0.339 e. The van der Waals surface area contributed by atoms with E-state index in [1.807, 2.05) is 36.4 Å². The van der Waals surface area contributed by atoms with Crippen LogP contribution in [0.5, 0.6) is 11.5 Å². The SMILES string of the molecule is CN(C)C(=O)Cc1ccccc1Oc1cc(N2CCN(Cc3ccccc3-c3ccc(Cl)cc3)CC2)ccc1C(=O)O. The molecule has 0 atom stereocenters.